The van der Waals surface area contributed by atoms with Crippen molar-refractivity contribution < 1.29 is 66.6 Å². The Morgan fingerprint density at radius 2 is 1.00 bits per heavy atom. The summed E-state index contributed by atoms with van der Waals surface area (Å²) < 4.78 is 160. The molecule has 0 aliphatic carbocycles. The van der Waals surface area contributed by atoms with Crippen LogP contribution < -0.4 is 0 Å². The van der Waals surface area contributed by atoms with Crippen molar-refractivity contribution in [1.29, 1.82) is 0 Å². The number of carboxylic acids is 1. The number of hydrogen-bond acceptors (Lipinski definition) is 12. The number of carboxylic acid groups (broad SMARTS) is 1. The smallest absolute Gasteiger partial charge is 0.323 e. The Kier molecular flexibility index (Phi) is 16.5. The number of H-pyrrole nitrogens is 3. The maximum Gasteiger partial charge on any atom is 0.323 e. The van der Waals surface area contributed by atoms with Crippen LogP contribution in [0.25, 0.3) is 44.1 Å². The van der Waals surface area contributed by atoms with E-state index in [0.29, 0.717) is 51.2 Å². The molecule has 11 heterocycles. The Morgan fingerprint density at radius 3 is 1.54 bits per heavy atom. The number of aliphatic hydroxyl groups is 1. The van der Waals surface area contributed by atoms with Gasteiger partial charge in [0.05, 0.1) is 31.9 Å². The Morgan fingerprint density at radius 1 is 0.544 bits per heavy atom. The van der Waals surface area contributed by atoms with Crippen molar-refractivity contribution in [3.63, 3.8) is 0 Å². The molecule has 0 fully saturated rings. The zero-order valence-corrected chi connectivity index (χ0v) is 51.1. The fourth-order valence-electron chi connectivity index (χ4n) is 11.8. The second-order valence-corrected chi connectivity index (χ2v) is 28.7. The molecule has 468 valence electrons. The molecule has 0 saturated carbocycles. The molecule has 1 unspecified atom stereocenters. The highest BCUT2D eigenvalue weighted by Crippen LogP contribution is 2.46. The van der Waals surface area contributed by atoms with E-state index in [2.05, 4.69) is 41.0 Å². The van der Waals surface area contributed by atoms with Crippen LogP contribution in [0.3, 0.4) is 0 Å². The van der Waals surface area contributed by atoms with Gasteiger partial charge >= 0.3 is 5.97 Å². The molecule has 0 saturated heterocycles. The molecule has 3 aliphatic rings. The summed E-state index contributed by atoms with van der Waals surface area (Å²) in [5.41, 5.74) is 8.55. The summed E-state index contributed by atoms with van der Waals surface area (Å²) in [6, 6.07) is 28.8. The third-order valence-corrected chi connectivity index (χ3v) is 21.7. The molecule has 14 rings (SSSR count). The van der Waals surface area contributed by atoms with Crippen molar-refractivity contribution in [2.24, 2.45) is 0 Å². The molecule has 5 N–H and O–H groups in total. The van der Waals surface area contributed by atoms with E-state index >= 15 is 0 Å². The molecular weight excluding hydrogens is 1230 g/mol. The summed E-state index contributed by atoms with van der Waals surface area (Å²) in [6.45, 7) is 7.20. The van der Waals surface area contributed by atoms with Gasteiger partial charge in [-0.3, -0.25) is 4.79 Å². The average molecular weight is 1290 g/mol. The number of aliphatic hydroxyl groups excluding tert-OH is 1. The minimum absolute atomic E-state index is 0.216. The quantitative estimate of drug-likeness (QED) is 0.0888. The Labute approximate surface area is 512 Å². The van der Waals surface area contributed by atoms with Crippen molar-refractivity contribution in [1.82, 2.24) is 39.5 Å². The van der Waals surface area contributed by atoms with Gasteiger partial charge in [0.1, 0.15) is 35.2 Å². The van der Waals surface area contributed by atoms with Crippen LogP contribution >= 0.6 is 0 Å². The number of aryl methyl sites for hydroxylation is 3. The van der Waals surface area contributed by atoms with Crippen LogP contribution in [-0.4, -0.2) is 98.1 Å². The lowest BCUT2D eigenvalue weighted by atomic mass is 9.95. The monoisotopic (exact) mass is 1290 g/mol. The van der Waals surface area contributed by atoms with Gasteiger partial charge in [-0.25, -0.2) is 71.5 Å². The molecule has 3 aliphatic heterocycles. The third kappa shape index (κ3) is 12.2. The first-order valence-electron chi connectivity index (χ1n) is 28.3. The highest BCUT2D eigenvalue weighted by molar-refractivity contribution is 7.92. The zero-order chi connectivity index (χ0) is 64.5. The van der Waals surface area contributed by atoms with Crippen molar-refractivity contribution in [3.8, 4) is 0 Å². The molecule has 1 atom stereocenters. The van der Waals surface area contributed by atoms with Gasteiger partial charge < -0.3 is 29.7 Å². The minimum Gasteiger partial charge on any atom is -0.480 e. The van der Waals surface area contributed by atoms with E-state index in [1.807, 2.05) is 38.1 Å². The second-order valence-electron chi connectivity index (χ2n) is 22.5. The van der Waals surface area contributed by atoms with Crippen LogP contribution in [0.4, 0.5) is 26.3 Å². The van der Waals surface area contributed by atoms with E-state index in [9.17, 15) is 66.6 Å². The number of rotatable bonds is 8. The van der Waals surface area contributed by atoms with Gasteiger partial charge in [-0.15, -0.1) is 0 Å². The highest BCUT2D eigenvalue weighted by atomic mass is 32.2. The summed E-state index contributed by atoms with van der Waals surface area (Å²) in [5.74, 6) is -12.2. The number of carbonyl (C=O) groups is 1. The Bertz CT molecular complexity index is 4970. The summed E-state index contributed by atoms with van der Waals surface area (Å²) in [5, 5.41) is 23.6. The Balaban J connectivity index is 0.000000129. The number of sulfone groups is 3. The largest absolute Gasteiger partial charge is 0.480 e. The molecule has 11 aromatic rings. The van der Waals surface area contributed by atoms with E-state index in [1.54, 1.807) is 73.5 Å². The number of aromatic amines is 3. The van der Waals surface area contributed by atoms with Crippen LogP contribution in [0.5, 0.6) is 0 Å². The SMILES string of the molecule is Cc1[nH]c2ncccc2c1C(O)c1ccc2c(c1)C(F)(F)CCS2(=O)=O.Cc1[nH]c2ncccc2c1Cc1ccc2c(c1)C(F)(F)CCS2(=O)=O.Cc1c(Cc2ccc3c(c2)C(F)(F)CCS3(=O)=O)c2cccnc2n1CC(=O)O.Cc1cc2cccnc2[nH]1. The lowest BCUT2D eigenvalue weighted by Crippen LogP contribution is -2.28. The fraction of sp³-hybridized carbons (Fsp3) is 0.266. The number of nitrogens with one attached hydrogen (secondary N) is 3. The summed E-state index contributed by atoms with van der Waals surface area (Å²) in [6.07, 6.45) is 4.01. The Hall–Kier alpha value is -8.72. The maximum atomic E-state index is 14.4. The van der Waals surface area contributed by atoms with Crippen molar-refractivity contribution >= 4 is 79.6 Å². The van der Waals surface area contributed by atoms with Crippen molar-refractivity contribution in [3.05, 3.63) is 207 Å². The normalized spacial score (nSPS) is 17.3. The fourth-order valence-corrected chi connectivity index (χ4v) is 16.5. The summed E-state index contributed by atoms with van der Waals surface area (Å²) >= 11 is 0. The van der Waals surface area contributed by atoms with Crippen LogP contribution in [0.15, 0.2) is 149 Å². The molecule has 26 heteroatoms. The number of halogens is 6. The number of fused-ring (bicyclic) bond motifs is 7. The van der Waals surface area contributed by atoms with Crippen LogP contribution in [-0.2, 0) is 71.5 Å². The minimum atomic E-state index is -3.73. The summed E-state index contributed by atoms with van der Waals surface area (Å²) in [7, 11) is -11.1. The predicted octanol–water partition coefficient (Wildman–Crippen LogP) is 12.1. The van der Waals surface area contributed by atoms with E-state index < -0.39 is 107 Å². The van der Waals surface area contributed by atoms with E-state index in [4.69, 9.17) is 0 Å². The molecular formula is C64H58F6N8O9S3. The van der Waals surface area contributed by atoms with E-state index in [-0.39, 0.29) is 38.8 Å². The van der Waals surface area contributed by atoms with Gasteiger partial charge in [0.15, 0.2) is 29.5 Å². The first kappa shape index (κ1) is 62.9. The number of pyridine rings is 4. The standard InChI is InChI=1S/C20H18F2N2O4S.C18H16F2N2O3S.C18H16F2N2O2S.C8H8N2/c1-12-15(14-3-2-7-23-19(14)24(12)11-18(25)26)9-13-4-5-17-16(10-13)20(21,22)6-8-29(17,27)28;1-10-15(12-3-2-7-21-17(12)22-10)16(23)11-4-5-14-13(9-11)18(19,20)6-8-26(14,24)25;1-11-14(13-3-2-7-21-17(13)22-11)9-12-4-5-16-15(10-12)18(19,20)6-8-25(16,23)24;1-6-5-7-3-2-4-9-8(7)10-6/h2-5,7,10H,6,8-9,11H2,1H3,(H,25,26);2-5,7,9,16,23H,6,8H2,1H3,(H,21,22);2-5,7,10H,6,8-9H2,1H3,(H,21,22);2-5H,1H3,(H,9,10). The van der Waals surface area contributed by atoms with Crippen LogP contribution in [0, 0.1) is 27.7 Å². The third-order valence-electron chi connectivity index (χ3n) is 16.4. The number of nitrogens with zero attached hydrogens (tertiary/aromatic N) is 5. The molecule has 3 aromatic carbocycles. The number of aliphatic carboxylic acids is 1. The van der Waals surface area contributed by atoms with Crippen LogP contribution in [0.2, 0.25) is 0 Å². The first-order chi connectivity index (χ1) is 42.4. The lowest BCUT2D eigenvalue weighted by Gasteiger charge is -2.26. The number of alkyl halides is 6. The number of benzene rings is 3. The highest BCUT2D eigenvalue weighted by Gasteiger charge is 2.45. The van der Waals surface area contributed by atoms with Gasteiger partial charge in [-0.2, -0.15) is 0 Å². The average Bonchev–Trinajstić information content (AvgIpc) is 1.07. The molecule has 0 bridgehead atoms. The van der Waals surface area contributed by atoms with Gasteiger partial charge in [0, 0.05) is 111 Å². The lowest BCUT2D eigenvalue weighted by molar-refractivity contribution is -0.137. The molecule has 17 nitrogen and oxygen atoms in total. The molecule has 0 radical (unpaired) electrons. The predicted molar refractivity (Wildman–Crippen MR) is 325 cm³/mol. The molecule has 8 aromatic heterocycles. The molecule has 0 spiro atoms. The topological polar surface area (TPSA) is 264 Å². The number of hydrogen-bond donors (Lipinski definition) is 5. The van der Waals surface area contributed by atoms with E-state index in [1.165, 1.54) is 47.9 Å². The molecule has 0 amide bonds. The van der Waals surface area contributed by atoms with Crippen molar-refractivity contribution in [2.45, 2.75) is 105 Å². The molecule has 90 heavy (non-hydrogen) atoms. The van der Waals surface area contributed by atoms with Gasteiger partial charge in [0.25, 0.3) is 17.8 Å². The van der Waals surface area contributed by atoms with Gasteiger partial charge in [0.2, 0.25) is 0 Å². The second kappa shape index (κ2) is 23.6. The van der Waals surface area contributed by atoms with E-state index in [0.717, 1.165) is 50.6 Å². The zero-order valence-electron chi connectivity index (χ0n) is 48.6. The van der Waals surface area contributed by atoms with Gasteiger partial charge in [-0.1, -0.05) is 18.2 Å². The van der Waals surface area contributed by atoms with Crippen LogP contribution in [0.1, 0.15) is 98.2 Å². The van der Waals surface area contributed by atoms with Crippen molar-refractivity contribution in [2.75, 3.05) is 17.3 Å². The maximum absolute atomic E-state index is 14.4. The van der Waals surface area contributed by atoms with Gasteiger partial charge in [-0.05, 0) is 159 Å². The summed E-state index contributed by atoms with van der Waals surface area (Å²) in [4.78, 5) is 36.6. The first-order valence-corrected chi connectivity index (χ1v) is 33.2. The number of aromatic nitrogens is 8.